The number of aromatic nitrogens is 4. The quantitative estimate of drug-likeness (QED) is 0.0136. The molecule has 1 amide bonds. The van der Waals surface area contributed by atoms with E-state index in [1.54, 1.807) is 30.3 Å². The van der Waals surface area contributed by atoms with Crippen molar-refractivity contribution < 1.29 is 79.2 Å². The number of esters is 1. The molecule has 5 aromatic carbocycles. The number of anilines is 2. The molecule has 2 aliphatic heterocycles. The van der Waals surface area contributed by atoms with E-state index in [1.807, 2.05) is 0 Å². The number of alkyl halides is 4. The van der Waals surface area contributed by atoms with Crippen LogP contribution < -0.4 is 27.0 Å². The van der Waals surface area contributed by atoms with Crippen LogP contribution in [0.1, 0.15) is 24.2 Å². The third-order valence-corrected chi connectivity index (χ3v) is 13.4. The van der Waals surface area contributed by atoms with E-state index in [4.69, 9.17) is 37.9 Å². The highest BCUT2D eigenvalue weighted by Crippen LogP contribution is 2.31. The molecule has 35 heteroatoms. The summed E-state index contributed by atoms with van der Waals surface area (Å²) in [6, 6.07) is 40.5. The summed E-state index contributed by atoms with van der Waals surface area (Å²) in [4.78, 5) is 81.7. The zero-order valence-electron chi connectivity index (χ0n) is 49.9. The number of rotatable bonds is 13. The van der Waals surface area contributed by atoms with E-state index in [0.29, 0.717) is 51.5 Å². The van der Waals surface area contributed by atoms with Gasteiger partial charge in [-0.1, -0.05) is 41.9 Å². The number of pyridine rings is 4. The minimum Gasteiger partial charge on any atom is -0.426 e. The van der Waals surface area contributed by atoms with Gasteiger partial charge in [0.25, 0.3) is 23.2 Å². The number of nitrogens with one attached hydrogen (secondary N) is 1. The SMILES string of the molecule is FC1(F)CCNC1.Nc1nc(-c2ccc(F)cc2)ccc1[N+](=O)[O-].Nc1nc(Cl)ccc1[N+](=O)[O-].O=C(Cc1nc(-c2ccc(F)cc2)ccc1[N+](=O)[O-])N1CCC(F)(F)C1.O=C(Cc1nc(-c2ccc(F)cc2)ccc1[N+](=O)[O-])Oc1ccccc1.OB(O)c1ccc(F)cc1. The number of benzene rings is 5. The average Bonchev–Trinajstić information content (AvgIpc) is 1.55. The van der Waals surface area contributed by atoms with Gasteiger partial charge in [0.2, 0.25) is 17.5 Å². The first kappa shape index (κ1) is 74.6. The summed E-state index contributed by atoms with van der Waals surface area (Å²) in [7, 11) is -1.51. The Morgan fingerprint density at radius 1 is 0.536 bits per heavy atom. The molecule has 0 unspecified atom stereocenters. The van der Waals surface area contributed by atoms with E-state index in [2.05, 4.69) is 25.3 Å². The fraction of sp³-hybridized carbons (Fsp3) is 0.161. The topological polar surface area (TPSA) is 375 Å². The summed E-state index contributed by atoms with van der Waals surface area (Å²) in [6.07, 6.45) is -1.24. The van der Waals surface area contributed by atoms with Gasteiger partial charge in [-0.05, 0) is 127 Å². The van der Waals surface area contributed by atoms with Crippen LogP contribution in [0.4, 0.5) is 69.5 Å². The van der Waals surface area contributed by atoms with Crippen molar-refractivity contribution in [3.8, 4) is 39.5 Å². The molecule has 2 aliphatic rings. The second-order valence-electron chi connectivity index (χ2n) is 20.3. The number of ether oxygens (including phenoxy) is 1. The summed E-state index contributed by atoms with van der Waals surface area (Å²) in [5, 5.41) is 62.9. The fourth-order valence-electron chi connectivity index (χ4n) is 8.41. The Labute approximate surface area is 548 Å². The maximum Gasteiger partial charge on any atom is 0.488 e. The summed E-state index contributed by atoms with van der Waals surface area (Å²) in [5.74, 6) is -8.23. The minimum atomic E-state index is -2.94. The highest BCUT2D eigenvalue weighted by atomic mass is 35.5. The number of amides is 1. The van der Waals surface area contributed by atoms with Crippen molar-refractivity contribution >= 4 is 70.4 Å². The Balaban J connectivity index is 0.000000194. The van der Waals surface area contributed by atoms with E-state index in [9.17, 15) is 85.2 Å². The Morgan fingerprint density at radius 2 is 0.938 bits per heavy atom. The zero-order chi connectivity index (χ0) is 71.1. The molecule has 0 saturated carbocycles. The van der Waals surface area contributed by atoms with E-state index in [1.165, 1.54) is 146 Å². The number of nitrogens with two attached hydrogens (primary N) is 2. The smallest absolute Gasteiger partial charge is 0.426 e. The number of para-hydroxylation sites is 1. The largest absolute Gasteiger partial charge is 0.488 e. The Morgan fingerprint density at radius 3 is 1.30 bits per heavy atom. The molecule has 25 nitrogen and oxygen atoms in total. The van der Waals surface area contributed by atoms with Crippen molar-refractivity contribution in [1.82, 2.24) is 30.2 Å². The Kier molecular flexibility index (Phi) is 26.6. The first-order valence-corrected chi connectivity index (χ1v) is 28.4. The third kappa shape index (κ3) is 23.5. The fourth-order valence-corrected chi connectivity index (χ4v) is 8.56. The molecule has 2 fully saturated rings. The predicted octanol–water partition coefficient (Wildman–Crippen LogP) is 10.9. The highest BCUT2D eigenvalue weighted by molar-refractivity contribution is 6.58. The Hall–Kier alpha value is -11.5. The molecule has 0 aliphatic carbocycles. The zero-order valence-corrected chi connectivity index (χ0v) is 50.7. The first-order valence-electron chi connectivity index (χ1n) is 28.0. The molecule has 6 heterocycles. The maximum absolute atomic E-state index is 13.3. The molecule has 7 N–H and O–H groups in total. The van der Waals surface area contributed by atoms with Crippen molar-refractivity contribution in [3.05, 3.63) is 256 Å². The molecule has 4 aromatic heterocycles. The van der Waals surface area contributed by atoms with Gasteiger partial charge in [-0.3, -0.25) is 50.0 Å². The van der Waals surface area contributed by atoms with Gasteiger partial charge >= 0.3 is 24.5 Å². The number of nitrogens with zero attached hydrogens (tertiary/aromatic N) is 9. The molecular formula is C62H52BClF8N12O13. The lowest BCUT2D eigenvalue weighted by Gasteiger charge is -2.16. The first-order chi connectivity index (χ1) is 45.9. The molecule has 0 atom stereocenters. The lowest BCUT2D eigenvalue weighted by atomic mass is 9.80. The average molecular weight is 1370 g/mol. The number of hydrogen-bond donors (Lipinski definition) is 5. The summed E-state index contributed by atoms with van der Waals surface area (Å²) >= 11 is 5.41. The molecule has 0 radical (unpaired) electrons. The second kappa shape index (κ2) is 34.6. The minimum absolute atomic E-state index is 0.00694. The van der Waals surface area contributed by atoms with E-state index < -0.39 is 81.6 Å². The number of likely N-dealkylation sites (tertiary alicyclic amines) is 1. The number of hydrogen-bond acceptors (Lipinski definition) is 20. The van der Waals surface area contributed by atoms with E-state index in [-0.39, 0.29) is 88.5 Å². The van der Waals surface area contributed by atoms with Gasteiger partial charge in [0.05, 0.1) is 62.7 Å². The maximum atomic E-state index is 13.3. The van der Waals surface area contributed by atoms with Crippen LogP contribution in [0.2, 0.25) is 5.15 Å². The van der Waals surface area contributed by atoms with Crippen LogP contribution >= 0.6 is 11.6 Å². The van der Waals surface area contributed by atoms with Crippen LogP contribution in [0, 0.1) is 63.7 Å². The molecular weight excluding hydrogens is 1320 g/mol. The van der Waals surface area contributed by atoms with Gasteiger partial charge in [-0.2, -0.15) is 0 Å². The predicted molar refractivity (Wildman–Crippen MR) is 338 cm³/mol. The summed E-state index contributed by atoms with van der Waals surface area (Å²) < 4.78 is 106. The number of nitro groups is 4. The molecule has 97 heavy (non-hydrogen) atoms. The third-order valence-electron chi connectivity index (χ3n) is 13.2. The molecule has 9 aromatic rings. The summed E-state index contributed by atoms with van der Waals surface area (Å²) in [6.45, 7) is -0.464. The lowest BCUT2D eigenvalue weighted by Crippen LogP contribution is -2.32. The van der Waals surface area contributed by atoms with E-state index >= 15 is 0 Å². The monoisotopic (exact) mass is 1370 g/mol. The molecule has 504 valence electrons. The van der Waals surface area contributed by atoms with Gasteiger partial charge in [-0.25, -0.2) is 55.1 Å². The Bertz CT molecular complexity index is 4220. The van der Waals surface area contributed by atoms with Gasteiger partial charge in [-0.15, -0.1) is 0 Å². The molecule has 0 bridgehead atoms. The number of nitrogen functional groups attached to an aromatic ring is 2. The summed E-state index contributed by atoms with van der Waals surface area (Å²) in [5.41, 5.74) is 12.6. The van der Waals surface area contributed by atoms with Gasteiger partial charge in [0.15, 0.2) is 0 Å². The molecule has 11 rings (SSSR count). The standard InChI is InChI=1S/C19H13FN2O4.C17H14F3N3O3.C11H8FN3O2.C6H6BFO2.C5H4ClN3O2.C4H7F2N/c20-14-8-6-13(7-9-14)16-10-11-18(22(24)25)17(21-16)12-19(23)26-15-4-2-1-3-5-15;18-12-3-1-11(2-4-12)13-5-6-15(23(25)26)14(21-13)9-16(24)22-8-7-17(19,20)10-22;12-8-3-1-7(2-4-8)9-5-6-10(15(16)17)11(13)14-9;8-6-3-1-5(2-4-6)7(9)10;6-4-2-1-3(9(10)11)5(7)8-4;5-4(6)1-2-7-3-4/h1-11H,12H2;1-6H,7-10H2;1-6H,(H2,13,14);1-4,9-10H;1-2H,(H2,7,8);7H,1-3H2. The normalized spacial score (nSPS) is 12.9. The van der Waals surface area contributed by atoms with Crippen LogP contribution in [-0.2, 0) is 22.4 Å². The van der Waals surface area contributed by atoms with Crippen molar-refractivity contribution in [2.45, 2.75) is 37.5 Å². The van der Waals surface area contributed by atoms with Crippen LogP contribution in [-0.4, -0.2) is 112 Å². The van der Waals surface area contributed by atoms with Crippen molar-refractivity contribution in [1.29, 1.82) is 0 Å². The number of halogens is 9. The van der Waals surface area contributed by atoms with Gasteiger partial charge in [0, 0.05) is 66.9 Å². The van der Waals surface area contributed by atoms with Crippen LogP contribution in [0.3, 0.4) is 0 Å². The lowest BCUT2D eigenvalue weighted by molar-refractivity contribution is -0.386. The van der Waals surface area contributed by atoms with E-state index in [0.717, 1.165) is 4.90 Å². The highest BCUT2D eigenvalue weighted by Gasteiger charge is 2.40. The number of carbonyl (C=O) groups excluding carboxylic acids is 2. The van der Waals surface area contributed by atoms with Crippen LogP contribution in [0.5, 0.6) is 5.75 Å². The molecule has 2 saturated heterocycles. The van der Waals surface area contributed by atoms with Crippen LogP contribution in [0.25, 0.3) is 33.8 Å². The number of carbonyl (C=O) groups is 2. The van der Waals surface area contributed by atoms with Crippen molar-refractivity contribution in [2.75, 3.05) is 37.6 Å². The van der Waals surface area contributed by atoms with Crippen molar-refractivity contribution in [3.63, 3.8) is 0 Å². The van der Waals surface area contributed by atoms with Gasteiger partial charge in [0.1, 0.15) is 45.6 Å². The molecule has 0 spiro atoms. The van der Waals surface area contributed by atoms with Crippen LogP contribution in [0.15, 0.2) is 176 Å². The second-order valence-corrected chi connectivity index (χ2v) is 20.7. The van der Waals surface area contributed by atoms with Gasteiger partial charge < -0.3 is 36.5 Å². The van der Waals surface area contributed by atoms with Crippen molar-refractivity contribution in [2.24, 2.45) is 0 Å².